The number of methoxy groups -OCH3 is 1. The molecule has 4 heterocycles. The molecule has 1 fully saturated rings. The van der Waals surface area contributed by atoms with E-state index in [1.165, 1.54) is 4.88 Å². The van der Waals surface area contributed by atoms with Crippen molar-refractivity contribution in [3.8, 4) is 0 Å². The van der Waals surface area contributed by atoms with E-state index in [0.717, 1.165) is 50.0 Å². The number of aromatic amines is 1. The lowest BCUT2D eigenvalue weighted by Gasteiger charge is -2.36. The molecule has 1 atom stereocenters. The number of fused-ring (bicyclic) bond motifs is 1. The van der Waals surface area contributed by atoms with Gasteiger partial charge in [-0.3, -0.25) is 14.5 Å². The maximum absolute atomic E-state index is 12.9. The number of carbonyl (C=O) groups excluding carboxylic acids is 1. The van der Waals surface area contributed by atoms with E-state index in [1.807, 2.05) is 4.90 Å². The molecule has 2 aliphatic rings. The number of hydrogen-bond acceptors (Lipinski definition) is 6. The van der Waals surface area contributed by atoms with E-state index in [1.54, 1.807) is 18.4 Å². The van der Waals surface area contributed by atoms with Crippen molar-refractivity contribution < 1.29 is 9.53 Å². The number of H-pyrrole nitrogens is 1. The van der Waals surface area contributed by atoms with Crippen molar-refractivity contribution in [2.45, 2.75) is 51.2 Å². The van der Waals surface area contributed by atoms with Crippen molar-refractivity contribution in [2.24, 2.45) is 0 Å². The average molecular weight is 417 g/mol. The zero-order valence-electron chi connectivity index (χ0n) is 16.9. The summed E-state index contributed by atoms with van der Waals surface area (Å²) in [5.74, 6) is 0.713. The predicted octanol–water partition coefficient (Wildman–Crippen LogP) is 2.48. The van der Waals surface area contributed by atoms with Gasteiger partial charge in [-0.25, -0.2) is 4.98 Å². The summed E-state index contributed by atoms with van der Waals surface area (Å²) in [4.78, 5) is 38.8. The second kappa shape index (κ2) is 9.19. The fourth-order valence-corrected chi connectivity index (χ4v) is 5.01. The van der Waals surface area contributed by atoms with Gasteiger partial charge < -0.3 is 14.6 Å². The fraction of sp³-hybridized carbons (Fsp3) is 0.571. The third-order valence-corrected chi connectivity index (χ3v) is 6.65. The lowest BCUT2D eigenvalue weighted by molar-refractivity contribution is -0.136. The number of nitrogens with one attached hydrogen (secondary N) is 1. The fourth-order valence-electron chi connectivity index (χ4n) is 4.26. The van der Waals surface area contributed by atoms with Crippen LogP contribution in [0.2, 0.25) is 0 Å². The molecule has 0 aromatic carbocycles. The van der Waals surface area contributed by atoms with Gasteiger partial charge in [-0.2, -0.15) is 0 Å². The minimum atomic E-state index is -0.143. The molecule has 29 heavy (non-hydrogen) atoms. The van der Waals surface area contributed by atoms with Crippen LogP contribution in [0.15, 0.2) is 22.3 Å². The van der Waals surface area contributed by atoms with Crippen LogP contribution in [0.4, 0.5) is 0 Å². The van der Waals surface area contributed by atoms with Crippen molar-refractivity contribution in [1.29, 1.82) is 0 Å². The van der Waals surface area contributed by atoms with Crippen LogP contribution >= 0.6 is 11.3 Å². The van der Waals surface area contributed by atoms with E-state index in [0.29, 0.717) is 31.9 Å². The van der Waals surface area contributed by atoms with Gasteiger partial charge in [-0.15, -0.1) is 11.3 Å². The minimum Gasteiger partial charge on any atom is -0.384 e. The van der Waals surface area contributed by atoms with Crippen LogP contribution in [0.25, 0.3) is 0 Å². The number of piperidine rings is 1. The Hall–Kier alpha value is -2.03. The lowest BCUT2D eigenvalue weighted by Crippen LogP contribution is -2.41. The SMILES string of the molecule is COCCC(=O)N1CCCCC1c1nc2c(c(=O)[nH]1)CN(Cc1cccs1)CC2. The smallest absolute Gasteiger partial charge is 0.255 e. The highest BCUT2D eigenvalue weighted by molar-refractivity contribution is 7.09. The second-order valence-electron chi connectivity index (χ2n) is 7.76. The van der Waals surface area contributed by atoms with E-state index in [2.05, 4.69) is 27.4 Å². The van der Waals surface area contributed by atoms with Gasteiger partial charge >= 0.3 is 0 Å². The summed E-state index contributed by atoms with van der Waals surface area (Å²) in [7, 11) is 1.60. The number of nitrogens with zero attached hydrogens (tertiary/aromatic N) is 3. The van der Waals surface area contributed by atoms with Crippen LogP contribution in [-0.4, -0.2) is 52.5 Å². The third-order valence-electron chi connectivity index (χ3n) is 5.78. The van der Waals surface area contributed by atoms with E-state index >= 15 is 0 Å². The Morgan fingerprint density at radius 3 is 3.07 bits per heavy atom. The molecule has 8 heteroatoms. The van der Waals surface area contributed by atoms with Gasteiger partial charge in [-0.05, 0) is 30.7 Å². The maximum Gasteiger partial charge on any atom is 0.255 e. The molecular weight excluding hydrogens is 388 g/mol. The van der Waals surface area contributed by atoms with Crippen molar-refractivity contribution in [2.75, 3.05) is 26.8 Å². The molecule has 4 rings (SSSR count). The molecule has 7 nitrogen and oxygen atoms in total. The van der Waals surface area contributed by atoms with E-state index in [9.17, 15) is 9.59 Å². The van der Waals surface area contributed by atoms with Crippen molar-refractivity contribution in [3.63, 3.8) is 0 Å². The highest BCUT2D eigenvalue weighted by Crippen LogP contribution is 2.30. The van der Waals surface area contributed by atoms with Crippen LogP contribution < -0.4 is 5.56 Å². The van der Waals surface area contributed by atoms with Crippen LogP contribution in [-0.2, 0) is 29.0 Å². The van der Waals surface area contributed by atoms with E-state index in [-0.39, 0.29) is 17.5 Å². The van der Waals surface area contributed by atoms with Gasteiger partial charge in [0.15, 0.2) is 0 Å². The maximum atomic E-state index is 12.9. The van der Waals surface area contributed by atoms with Gasteiger partial charge in [0, 0.05) is 44.6 Å². The van der Waals surface area contributed by atoms with E-state index < -0.39 is 0 Å². The first-order valence-corrected chi connectivity index (χ1v) is 11.2. The van der Waals surface area contributed by atoms with Gasteiger partial charge in [0.05, 0.1) is 30.3 Å². The molecule has 0 spiro atoms. The zero-order chi connectivity index (χ0) is 20.2. The number of rotatable bonds is 6. The summed E-state index contributed by atoms with van der Waals surface area (Å²) in [6.07, 6.45) is 3.99. The minimum absolute atomic E-state index is 0.0595. The lowest BCUT2D eigenvalue weighted by atomic mass is 10.00. The van der Waals surface area contributed by atoms with Crippen LogP contribution in [0.3, 0.4) is 0 Å². The summed E-state index contributed by atoms with van der Waals surface area (Å²) in [5, 5.41) is 2.08. The van der Waals surface area contributed by atoms with Crippen LogP contribution in [0.1, 0.15) is 53.7 Å². The Bertz CT molecular complexity index is 896. The largest absolute Gasteiger partial charge is 0.384 e. The van der Waals surface area contributed by atoms with Crippen LogP contribution in [0, 0.1) is 0 Å². The summed E-state index contributed by atoms with van der Waals surface area (Å²) < 4.78 is 5.06. The monoisotopic (exact) mass is 416 g/mol. The molecule has 2 aromatic rings. The molecule has 2 aliphatic heterocycles. The number of ether oxygens (including phenoxy) is 1. The first kappa shape index (κ1) is 20.3. The van der Waals surface area contributed by atoms with Gasteiger partial charge in [-0.1, -0.05) is 6.07 Å². The quantitative estimate of drug-likeness (QED) is 0.783. The molecule has 0 bridgehead atoms. The summed E-state index contributed by atoms with van der Waals surface area (Å²) in [6, 6.07) is 4.04. The highest BCUT2D eigenvalue weighted by Gasteiger charge is 2.31. The zero-order valence-corrected chi connectivity index (χ0v) is 17.7. The molecule has 2 aromatic heterocycles. The molecular formula is C21H28N4O3S. The average Bonchev–Trinajstić information content (AvgIpc) is 3.25. The Kier molecular flexibility index (Phi) is 6.42. The van der Waals surface area contributed by atoms with Crippen molar-refractivity contribution in [3.05, 3.63) is 49.8 Å². The van der Waals surface area contributed by atoms with Gasteiger partial charge in [0.1, 0.15) is 5.82 Å². The van der Waals surface area contributed by atoms with Gasteiger partial charge in [0.25, 0.3) is 5.56 Å². The second-order valence-corrected chi connectivity index (χ2v) is 8.79. The Balaban J connectivity index is 1.53. The number of likely N-dealkylation sites (tertiary alicyclic amines) is 1. The Labute approximate surface area is 174 Å². The molecule has 0 aliphatic carbocycles. The molecule has 156 valence electrons. The molecule has 1 saturated heterocycles. The number of aromatic nitrogens is 2. The van der Waals surface area contributed by atoms with E-state index in [4.69, 9.17) is 9.72 Å². The number of hydrogen-bond donors (Lipinski definition) is 1. The first-order valence-electron chi connectivity index (χ1n) is 10.3. The summed E-state index contributed by atoms with van der Waals surface area (Å²) >= 11 is 1.74. The molecule has 0 radical (unpaired) electrons. The molecule has 0 saturated carbocycles. The summed E-state index contributed by atoms with van der Waals surface area (Å²) in [6.45, 7) is 3.50. The summed E-state index contributed by atoms with van der Waals surface area (Å²) in [5.41, 5.74) is 1.60. The first-order chi connectivity index (χ1) is 14.2. The van der Waals surface area contributed by atoms with Crippen LogP contribution in [0.5, 0.6) is 0 Å². The molecule has 1 amide bonds. The highest BCUT2D eigenvalue weighted by atomic mass is 32.1. The van der Waals surface area contributed by atoms with Gasteiger partial charge in [0.2, 0.25) is 5.91 Å². The normalized spacial score (nSPS) is 19.9. The number of thiophene rings is 1. The number of amides is 1. The third kappa shape index (κ3) is 4.60. The topological polar surface area (TPSA) is 78.5 Å². The molecule has 1 unspecified atom stereocenters. The Morgan fingerprint density at radius 2 is 2.28 bits per heavy atom. The molecule has 1 N–H and O–H groups in total. The predicted molar refractivity (Wildman–Crippen MR) is 112 cm³/mol. The number of carbonyl (C=O) groups is 1. The van der Waals surface area contributed by atoms with Crippen molar-refractivity contribution >= 4 is 17.2 Å². The standard InChI is InChI=1S/C21H28N4O3S/c1-28-11-8-19(26)25-9-3-2-6-18(25)20-22-17-7-10-24(13-15-5-4-12-29-15)14-16(17)21(27)23-20/h4-5,12,18H,2-3,6-11,13-14H2,1H3,(H,22,23,27). The Morgan fingerprint density at radius 1 is 1.38 bits per heavy atom. The van der Waals surface area contributed by atoms with Crippen molar-refractivity contribution in [1.82, 2.24) is 19.8 Å².